The van der Waals surface area contributed by atoms with Crippen LogP contribution in [0.25, 0.3) is 11.4 Å². The first kappa shape index (κ1) is 20.4. The van der Waals surface area contributed by atoms with Gasteiger partial charge in [0.2, 0.25) is 5.82 Å². The second-order valence-electron chi connectivity index (χ2n) is 6.85. The molecule has 31 heavy (non-hydrogen) atoms. The van der Waals surface area contributed by atoms with Gasteiger partial charge in [-0.2, -0.15) is 9.90 Å². The largest absolute Gasteiger partial charge is 0.271 e. The second kappa shape index (κ2) is 9.32. The van der Waals surface area contributed by atoms with Gasteiger partial charge in [-0.15, -0.1) is 10.2 Å². The monoisotopic (exact) mass is 430 g/mol. The molecule has 1 aromatic heterocycles. The molecule has 0 fully saturated rings. The molecule has 7 nitrogen and oxygen atoms in total. The summed E-state index contributed by atoms with van der Waals surface area (Å²) in [5, 5.41) is 17.4. The zero-order chi connectivity index (χ0) is 21.6. The summed E-state index contributed by atoms with van der Waals surface area (Å²) >= 11 is 5.89. The lowest BCUT2D eigenvalue weighted by Crippen LogP contribution is -2.19. The van der Waals surface area contributed by atoms with Crippen LogP contribution in [0.2, 0.25) is 5.02 Å². The highest BCUT2D eigenvalue weighted by Crippen LogP contribution is 2.13. The molecular formula is C23H19ClN6O. The summed E-state index contributed by atoms with van der Waals surface area (Å²) in [4.78, 5) is 13.9. The minimum atomic E-state index is -0.287. The highest BCUT2D eigenvalue weighted by molar-refractivity contribution is 6.30. The van der Waals surface area contributed by atoms with E-state index in [2.05, 4.69) is 25.9 Å². The number of amides is 1. The molecule has 0 aliphatic rings. The number of aromatic nitrogens is 4. The molecule has 1 heterocycles. The van der Waals surface area contributed by atoms with Gasteiger partial charge in [-0.25, -0.2) is 5.43 Å². The van der Waals surface area contributed by atoms with E-state index >= 15 is 0 Å². The quantitative estimate of drug-likeness (QED) is 0.367. The fourth-order valence-corrected chi connectivity index (χ4v) is 3.02. The van der Waals surface area contributed by atoms with Gasteiger partial charge in [-0.1, -0.05) is 66.2 Å². The minimum absolute atomic E-state index is 0.287. The Morgan fingerprint density at radius 2 is 1.65 bits per heavy atom. The Morgan fingerprint density at radius 1 is 0.968 bits per heavy atom. The smallest absolute Gasteiger partial charge is 0.267 e. The number of nitrogens with zero attached hydrogens (tertiary/aromatic N) is 5. The first-order valence-corrected chi connectivity index (χ1v) is 9.99. The van der Waals surface area contributed by atoms with Crippen molar-refractivity contribution in [2.24, 2.45) is 5.10 Å². The predicted molar refractivity (Wildman–Crippen MR) is 120 cm³/mol. The van der Waals surface area contributed by atoms with E-state index in [9.17, 15) is 4.79 Å². The van der Waals surface area contributed by atoms with Gasteiger partial charge in [-0.3, -0.25) is 4.79 Å². The predicted octanol–water partition coefficient (Wildman–Crippen LogP) is 4.20. The molecular weight excluding hydrogens is 412 g/mol. The molecule has 0 radical (unpaired) electrons. The third-order valence-corrected chi connectivity index (χ3v) is 4.86. The van der Waals surface area contributed by atoms with Crippen molar-refractivity contribution >= 4 is 23.2 Å². The standard InChI is InChI=1S/C23H19ClN6O/c1-16(18-11-13-21(24)14-12-18)25-27-23(31)20-9-7-17(8-10-20)15-30-28-22(26-29-30)19-5-3-2-4-6-19/h2-14H,15H2,1H3,(H,27,31)/b25-16-. The van der Waals surface area contributed by atoms with Gasteiger partial charge in [0.1, 0.15) is 0 Å². The zero-order valence-corrected chi connectivity index (χ0v) is 17.5. The highest BCUT2D eigenvalue weighted by atomic mass is 35.5. The number of hydrogen-bond acceptors (Lipinski definition) is 5. The molecule has 0 saturated heterocycles. The topological polar surface area (TPSA) is 85.1 Å². The third-order valence-electron chi connectivity index (χ3n) is 4.61. The number of carbonyl (C=O) groups excluding carboxylic acids is 1. The SMILES string of the molecule is C/C(=N/NC(=O)c1ccc(Cn2nnc(-c3ccccc3)n2)cc1)c1ccc(Cl)cc1. The van der Waals surface area contributed by atoms with Crippen molar-refractivity contribution in [3.63, 3.8) is 0 Å². The van der Waals surface area contributed by atoms with Crippen LogP contribution in [0.5, 0.6) is 0 Å². The molecule has 154 valence electrons. The number of benzene rings is 3. The van der Waals surface area contributed by atoms with Crippen molar-refractivity contribution in [3.8, 4) is 11.4 Å². The maximum atomic E-state index is 12.4. The van der Waals surface area contributed by atoms with Gasteiger partial charge in [0.05, 0.1) is 12.3 Å². The van der Waals surface area contributed by atoms with Gasteiger partial charge < -0.3 is 0 Å². The van der Waals surface area contributed by atoms with E-state index in [4.69, 9.17) is 11.6 Å². The van der Waals surface area contributed by atoms with E-state index in [1.54, 1.807) is 24.3 Å². The average molecular weight is 431 g/mol. The highest BCUT2D eigenvalue weighted by Gasteiger charge is 2.08. The summed E-state index contributed by atoms with van der Waals surface area (Å²) in [6, 6.07) is 24.1. The van der Waals surface area contributed by atoms with Gasteiger partial charge in [0, 0.05) is 16.1 Å². The molecule has 0 aliphatic carbocycles. The molecule has 0 bridgehead atoms. The van der Waals surface area contributed by atoms with Crippen LogP contribution in [0, 0.1) is 0 Å². The maximum absolute atomic E-state index is 12.4. The van der Waals surface area contributed by atoms with Crippen molar-refractivity contribution in [3.05, 3.63) is 101 Å². The fourth-order valence-electron chi connectivity index (χ4n) is 2.89. The van der Waals surface area contributed by atoms with Crippen LogP contribution in [-0.2, 0) is 6.54 Å². The van der Waals surface area contributed by atoms with Crippen molar-refractivity contribution in [2.75, 3.05) is 0 Å². The Balaban J connectivity index is 1.38. The molecule has 0 saturated carbocycles. The number of rotatable bonds is 6. The maximum Gasteiger partial charge on any atom is 0.271 e. The van der Waals surface area contributed by atoms with E-state index in [-0.39, 0.29) is 5.91 Å². The zero-order valence-electron chi connectivity index (χ0n) is 16.7. The Labute approximate surface area is 184 Å². The Bertz CT molecular complexity index is 1200. The van der Waals surface area contributed by atoms with Crippen molar-refractivity contribution in [2.45, 2.75) is 13.5 Å². The van der Waals surface area contributed by atoms with Gasteiger partial charge in [-0.05, 0) is 47.5 Å². The van der Waals surface area contributed by atoms with Crippen LogP contribution < -0.4 is 5.43 Å². The first-order valence-electron chi connectivity index (χ1n) is 9.61. The summed E-state index contributed by atoms with van der Waals surface area (Å²) in [5.74, 6) is 0.288. The summed E-state index contributed by atoms with van der Waals surface area (Å²) in [5.41, 5.74) is 6.52. The number of hydrogen-bond donors (Lipinski definition) is 1. The fraction of sp³-hybridized carbons (Fsp3) is 0.0870. The molecule has 3 aromatic carbocycles. The van der Waals surface area contributed by atoms with Crippen LogP contribution in [-0.4, -0.2) is 31.8 Å². The minimum Gasteiger partial charge on any atom is -0.267 e. The molecule has 0 aliphatic heterocycles. The molecule has 1 N–H and O–H groups in total. The third kappa shape index (κ3) is 5.21. The number of halogens is 1. The molecule has 4 aromatic rings. The lowest BCUT2D eigenvalue weighted by molar-refractivity contribution is 0.0955. The lowest BCUT2D eigenvalue weighted by Gasteiger charge is -2.05. The first-order chi connectivity index (χ1) is 15.1. The summed E-state index contributed by atoms with van der Waals surface area (Å²) in [6.45, 7) is 2.27. The van der Waals surface area contributed by atoms with Crippen LogP contribution in [0.4, 0.5) is 0 Å². The molecule has 0 unspecified atom stereocenters. The molecule has 4 rings (SSSR count). The van der Waals surface area contributed by atoms with Crippen LogP contribution >= 0.6 is 11.6 Å². The molecule has 0 spiro atoms. The van der Waals surface area contributed by atoms with E-state index < -0.39 is 0 Å². The normalized spacial score (nSPS) is 11.4. The Kier molecular flexibility index (Phi) is 6.14. The number of nitrogens with one attached hydrogen (secondary N) is 1. The Hall–Kier alpha value is -3.84. The van der Waals surface area contributed by atoms with Crippen LogP contribution in [0.1, 0.15) is 28.4 Å². The van der Waals surface area contributed by atoms with E-state index in [0.29, 0.717) is 28.7 Å². The van der Waals surface area contributed by atoms with E-state index in [1.807, 2.05) is 61.5 Å². The molecule has 8 heteroatoms. The second-order valence-corrected chi connectivity index (χ2v) is 7.29. The van der Waals surface area contributed by atoms with Crippen LogP contribution in [0.15, 0.2) is 84.0 Å². The number of tetrazole rings is 1. The number of hydrazone groups is 1. The summed E-state index contributed by atoms with van der Waals surface area (Å²) in [7, 11) is 0. The van der Waals surface area contributed by atoms with Crippen molar-refractivity contribution in [1.29, 1.82) is 0 Å². The van der Waals surface area contributed by atoms with E-state index in [1.165, 1.54) is 4.80 Å². The summed E-state index contributed by atoms with van der Waals surface area (Å²) in [6.07, 6.45) is 0. The number of carbonyl (C=O) groups is 1. The Morgan fingerprint density at radius 3 is 2.35 bits per heavy atom. The lowest BCUT2D eigenvalue weighted by atomic mass is 10.1. The average Bonchev–Trinajstić information content (AvgIpc) is 3.27. The van der Waals surface area contributed by atoms with Gasteiger partial charge in [0.25, 0.3) is 5.91 Å². The van der Waals surface area contributed by atoms with E-state index in [0.717, 1.165) is 16.7 Å². The molecule has 1 amide bonds. The van der Waals surface area contributed by atoms with Crippen molar-refractivity contribution in [1.82, 2.24) is 25.6 Å². The van der Waals surface area contributed by atoms with Crippen molar-refractivity contribution < 1.29 is 4.79 Å². The molecule has 0 atom stereocenters. The van der Waals surface area contributed by atoms with Gasteiger partial charge in [0.15, 0.2) is 0 Å². The summed E-state index contributed by atoms with van der Waals surface area (Å²) < 4.78 is 0. The van der Waals surface area contributed by atoms with Crippen LogP contribution in [0.3, 0.4) is 0 Å². The van der Waals surface area contributed by atoms with Gasteiger partial charge >= 0.3 is 0 Å².